The summed E-state index contributed by atoms with van der Waals surface area (Å²) in [6.07, 6.45) is 0.229. The van der Waals surface area contributed by atoms with Gasteiger partial charge in [0.15, 0.2) is 11.5 Å². The number of nitrogen functional groups attached to an aromatic ring is 1. The molecule has 0 heterocycles. The number of carbonyl (C=O) groups is 1. The number of hydrogen-bond acceptors (Lipinski definition) is 4. The number of likely N-dealkylation sites (N-methyl/N-ethyl adjacent to an activating group) is 1. The van der Waals surface area contributed by atoms with Gasteiger partial charge in [-0.2, -0.15) is 8.78 Å². The van der Waals surface area contributed by atoms with Crippen LogP contribution in [0.1, 0.15) is 11.1 Å². The first-order chi connectivity index (χ1) is 11.9. The molecule has 0 spiro atoms. The van der Waals surface area contributed by atoms with E-state index in [9.17, 15) is 13.6 Å². The standard InChI is InChI=1S/C18H20F2N2O3/c1-22(17(23)10-12-3-6-14(21)7-4-12)11-13-5-8-15(24-2)16(9-13)25-18(19)20/h3-9,18H,10-11,21H2,1-2H3. The summed E-state index contributed by atoms with van der Waals surface area (Å²) >= 11 is 0. The molecule has 0 aliphatic carbocycles. The number of halogens is 2. The summed E-state index contributed by atoms with van der Waals surface area (Å²) < 4.78 is 34.4. The van der Waals surface area contributed by atoms with Gasteiger partial charge in [0.05, 0.1) is 13.5 Å². The van der Waals surface area contributed by atoms with Crippen LogP contribution in [-0.2, 0) is 17.8 Å². The Morgan fingerprint density at radius 2 is 1.76 bits per heavy atom. The van der Waals surface area contributed by atoms with Gasteiger partial charge in [-0.1, -0.05) is 18.2 Å². The van der Waals surface area contributed by atoms with Crippen LogP contribution in [0.3, 0.4) is 0 Å². The second-order valence-corrected chi connectivity index (χ2v) is 5.53. The number of benzene rings is 2. The highest BCUT2D eigenvalue weighted by Gasteiger charge is 2.14. The lowest BCUT2D eigenvalue weighted by Gasteiger charge is -2.18. The van der Waals surface area contributed by atoms with E-state index >= 15 is 0 Å². The molecule has 25 heavy (non-hydrogen) atoms. The minimum atomic E-state index is -2.95. The van der Waals surface area contributed by atoms with Crippen molar-refractivity contribution < 1.29 is 23.0 Å². The molecule has 2 aromatic rings. The summed E-state index contributed by atoms with van der Waals surface area (Å²) in [5.41, 5.74) is 7.76. The van der Waals surface area contributed by atoms with Gasteiger partial charge >= 0.3 is 6.61 Å². The number of nitrogens with zero attached hydrogens (tertiary/aromatic N) is 1. The first-order valence-corrected chi connectivity index (χ1v) is 7.59. The second kappa shape index (κ2) is 8.32. The van der Waals surface area contributed by atoms with Crippen molar-refractivity contribution in [2.45, 2.75) is 19.6 Å². The van der Waals surface area contributed by atoms with Crippen LogP contribution in [0.2, 0.25) is 0 Å². The molecule has 2 N–H and O–H groups in total. The van der Waals surface area contributed by atoms with Crippen LogP contribution in [0, 0.1) is 0 Å². The maximum Gasteiger partial charge on any atom is 0.387 e. The molecule has 0 aliphatic rings. The molecule has 2 aromatic carbocycles. The van der Waals surface area contributed by atoms with Crippen LogP contribution in [0.25, 0.3) is 0 Å². The van der Waals surface area contributed by atoms with E-state index in [0.29, 0.717) is 11.3 Å². The van der Waals surface area contributed by atoms with E-state index in [1.807, 2.05) is 0 Å². The van der Waals surface area contributed by atoms with E-state index in [4.69, 9.17) is 10.5 Å². The van der Waals surface area contributed by atoms with Crippen LogP contribution in [0.4, 0.5) is 14.5 Å². The maximum absolute atomic E-state index is 12.5. The van der Waals surface area contributed by atoms with Crippen LogP contribution < -0.4 is 15.2 Å². The molecule has 0 saturated carbocycles. The van der Waals surface area contributed by atoms with Gasteiger partial charge in [-0.05, 0) is 35.4 Å². The fourth-order valence-corrected chi connectivity index (χ4v) is 2.31. The van der Waals surface area contributed by atoms with E-state index in [-0.39, 0.29) is 30.4 Å². The first-order valence-electron chi connectivity index (χ1n) is 7.59. The Kier molecular flexibility index (Phi) is 6.16. The number of carbonyl (C=O) groups excluding carboxylic acids is 1. The molecular formula is C18H20F2N2O3. The Balaban J connectivity index is 2.04. The van der Waals surface area contributed by atoms with Crippen molar-refractivity contribution in [3.63, 3.8) is 0 Å². The number of amides is 1. The summed E-state index contributed by atoms with van der Waals surface area (Å²) in [4.78, 5) is 13.8. The lowest BCUT2D eigenvalue weighted by atomic mass is 10.1. The molecule has 0 radical (unpaired) electrons. The predicted molar refractivity (Wildman–Crippen MR) is 90.7 cm³/mol. The monoisotopic (exact) mass is 350 g/mol. The van der Waals surface area contributed by atoms with Gasteiger partial charge in [-0.15, -0.1) is 0 Å². The van der Waals surface area contributed by atoms with E-state index in [1.165, 1.54) is 24.1 Å². The van der Waals surface area contributed by atoms with Crippen molar-refractivity contribution in [2.75, 3.05) is 19.9 Å². The number of methoxy groups -OCH3 is 1. The van der Waals surface area contributed by atoms with Gasteiger partial charge in [0.25, 0.3) is 0 Å². The summed E-state index contributed by atoms with van der Waals surface area (Å²) in [7, 11) is 3.02. The summed E-state index contributed by atoms with van der Waals surface area (Å²) in [5, 5.41) is 0. The zero-order chi connectivity index (χ0) is 18.4. The number of rotatable bonds is 7. The van der Waals surface area contributed by atoms with Crippen LogP contribution in [-0.4, -0.2) is 31.6 Å². The molecule has 0 unspecified atom stereocenters. The molecule has 0 fully saturated rings. The molecule has 0 bridgehead atoms. The Morgan fingerprint density at radius 1 is 1.12 bits per heavy atom. The van der Waals surface area contributed by atoms with Crippen molar-refractivity contribution in [3.8, 4) is 11.5 Å². The fraction of sp³-hybridized carbons (Fsp3) is 0.278. The van der Waals surface area contributed by atoms with Crippen molar-refractivity contribution >= 4 is 11.6 Å². The van der Waals surface area contributed by atoms with Gasteiger partial charge < -0.3 is 20.1 Å². The van der Waals surface area contributed by atoms with Crippen molar-refractivity contribution in [1.82, 2.24) is 4.90 Å². The minimum Gasteiger partial charge on any atom is -0.493 e. The van der Waals surface area contributed by atoms with Crippen LogP contribution in [0.15, 0.2) is 42.5 Å². The normalized spacial score (nSPS) is 10.6. The quantitative estimate of drug-likeness (QED) is 0.780. The molecular weight excluding hydrogens is 330 g/mol. The lowest BCUT2D eigenvalue weighted by Crippen LogP contribution is -2.27. The summed E-state index contributed by atoms with van der Waals surface area (Å²) in [6, 6.07) is 11.7. The maximum atomic E-state index is 12.5. The highest BCUT2D eigenvalue weighted by Crippen LogP contribution is 2.29. The third-order valence-corrected chi connectivity index (χ3v) is 3.62. The van der Waals surface area contributed by atoms with Crippen LogP contribution in [0.5, 0.6) is 11.5 Å². The molecule has 1 amide bonds. The largest absolute Gasteiger partial charge is 0.493 e. The molecule has 0 atom stereocenters. The number of alkyl halides is 2. The minimum absolute atomic E-state index is 0.0608. The number of anilines is 1. The predicted octanol–water partition coefficient (Wildman–Crippen LogP) is 3.08. The average molecular weight is 350 g/mol. The molecule has 0 aliphatic heterocycles. The van der Waals surface area contributed by atoms with Crippen molar-refractivity contribution in [3.05, 3.63) is 53.6 Å². The summed E-state index contributed by atoms with van der Waals surface area (Å²) in [6.45, 7) is -2.69. The molecule has 2 rings (SSSR count). The van der Waals surface area contributed by atoms with Crippen molar-refractivity contribution in [1.29, 1.82) is 0 Å². The Hall–Kier alpha value is -2.83. The van der Waals surface area contributed by atoms with Gasteiger partial charge in [0.2, 0.25) is 5.91 Å². The molecule has 134 valence electrons. The molecule has 5 nitrogen and oxygen atoms in total. The lowest BCUT2D eigenvalue weighted by molar-refractivity contribution is -0.129. The Morgan fingerprint density at radius 3 is 2.36 bits per heavy atom. The average Bonchev–Trinajstić information content (AvgIpc) is 2.56. The second-order valence-electron chi connectivity index (χ2n) is 5.53. The zero-order valence-electron chi connectivity index (χ0n) is 14.0. The summed E-state index contributed by atoms with van der Waals surface area (Å²) in [5.74, 6) is 0.0474. The number of nitrogens with two attached hydrogens (primary N) is 1. The Labute approximate surface area is 144 Å². The number of ether oxygens (including phenoxy) is 2. The van der Waals surface area contributed by atoms with Gasteiger partial charge in [0.1, 0.15) is 0 Å². The van der Waals surface area contributed by atoms with Gasteiger partial charge in [0, 0.05) is 19.3 Å². The topological polar surface area (TPSA) is 64.8 Å². The first kappa shape index (κ1) is 18.5. The third-order valence-electron chi connectivity index (χ3n) is 3.62. The highest BCUT2D eigenvalue weighted by atomic mass is 19.3. The Bertz CT molecular complexity index is 721. The molecule has 0 saturated heterocycles. The van der Waals surface area contributed by atoms with E-state index in [0.717, 1.165) is 5.56 Å². The van der Waals surface area contributed by atoms with E-state index in [1.54, 1.807) is 37.4 Å². The fourth-order valence-electron chi connectivity index (χ4n) is 2.31. The van der Waals surface area contributed by atoms with Gasteiger partial charge in [-0.25, -0.2) is 0 Å². The highest BCUT2D eigenvalue weighted by molar-refractivity contribution is 5.78. The smallest absolute Gasteiger partial charge is 0.387 e. The van der Waals surface area contributed by atoms with E-state index < -0.39 is 6.61 Å². The van der Waals surface area contributed by atoms with E-state index in [2.05, 4.69) is 4.74 Å². The zero-order valence-corrected chi connectivity index (χ0v) is 14.0. The SMILES string of the molecule is COc1ccc(CN(C)C(=O)Cc2ccc(N)cc2)cc1OC(F)F. The van der Waals surface area contributed by atoms with Crippen LogP contribution >= 0.6 is 0 Å². The third kappa shape index (κ3) is 5.34. The molecule has 7 heteroatoms. The number of hydrogen-bond donors (Lipinski definition) is 1. The molecule has 0 aromatic heterocycles. The van der Waals surface area contributed by atoms with Gasteiger partial charge in [-0.3, -0.25) is 4.79 Å². The van der Waals surface area contributed by atoms with Crippen molar-refractivity contribution in [2.24, 2.45) is 0 Å².